The van der Waals surface area contributed by atoms with E-state index in [2.05, 4.69) is 20.8 Å². The van der Waals surface area contributed by atoms with Gasteiger partial charge in [0.1, 0.15) is 6.04 Å². The minimum Gasteiger partial charge on any atom is -0.346 e. The molecule has 3 aromatic rings. The van der Waals surface area contributed by atoms with Crippen molar-refractivity contribution in [1.29, 1.82) is 0 Å². The Hall–Kier alpha value is -3.75. The number of hydrogen-bond acceptors (Lipinski definition) is 5. The van der Waals surface area contributed by atoms with Crippen LogP contribution >= 0.6 is 0 Å². The molecule has 4 rings (SSSR count). The summed E-state index contributed by atoms with van der Waals surface area (Å²) in [5, 5.41) is 13.6. The van der Waals surface area contributed by atoms with Gasteiger partial charge in [-0.1, -0.05) is 36.4 Å². The van der Waals surface area contributed by atoms with Crippen LogP contribution in [0.25, 0.3) is 5.65 Å². The summed E-state index contributed by atoms with van der Waals surface area (Å²) in [6, 6.07) is 13.0. The zero-order valence-corrected chi connectivity index (χ0v) is 15.8. The van der Waals surface area contributed by atoms with Crippen molar-refractivity contribution in [2.75, 3.05) is 0 Å². The van der Waals surface area contributed by atoms with Crippen molar-refractivity contribution in [2.24, 2.45) is 0 Å². The van der Waals surface area contributed by atoms with E-state index in [9.17, 15) is 14.4 Å². The molecule has 1 saturated heterocycles. The van der Waals surface area contributed by atoms with E-state index in [1.165, 1.54) is 0 Å². The molecule has 0 bridgehead atoms. The lowest BCUT2D eigenvalue weighted by Gasteiger charge is -2.15. The highest BCUT2D eigenvalue weighted by molar-refractivity contribution is 6.05. The molecule has 148 valence electrons. The molecule has 0 spiro atoms. The third-order valence-corrected chi connectivity index (χ3v) is 4.78. The fourth-order valence-electron chi connectivity index (χ4n) is 3.34. The molecule has 9 heteroatoms. The Morgan fingerprint density at radius 3 is 2.69 bits per heavy atom. The van der Waals surface area contributed by atoms with E-state index in [0.717, 1.165) is 10.5 Å². The third-order valence-electron chi connectivity index (χ3n) is 4.78. The number of urea groups is 1. The molecule has 2 unspecified atom stereocenters. The molecule has 2 aromatic heterocycles. The number of fused-ring (bicyclic) bond motifs is 1. The maximum Gasteiger partial charge on any atom is 0.325 e. The van der Waals surface area contributed by atoms with E-state index in [1.807, 2.05) is 54.7 Å². The summed E-state index contributed by atoms with van der Waals surface area (Å²) in [4.78, 5) is 38.4. The second-order valence-electron chi connectivity index (χ2n) is 6.89. The topological polar surface area (TPSA) is 109 Å². The zero-order chi connectivity index (χ0) is 20.4. The van der Waals surface area contributed by atoms with Crippen molar-refractivity contribution < 1.29 is 14.4 Å². The Morgan fingerprint density at radius 2 is 1.90 bits per heavy atom. The number of carbonyl (C=O) groups is 3. The molecule has 4 amide bonds. The van der Waals surface area contributed by atoms with Crippen LogP contribution in [0.2, 0.25) is 0 Å². The fourth-order valence-corrected chi connectivity index (χ4v) is 3.34. The summed E-state index contributed by atoms with van der Waals surface area (Å²) in [5.74, 6) is -0.179. The Morgan fingerprint density at radius 1 is 1.14 bits per heavy atom. The van der Waals surface area contributed by atoms with Crippen molar-refractivity contribution in [3.05, 3.63) is 66.1 Å². The molecule has 0 aliphatic carbocycles. The van der Waals surface area contributed by atoms with Crippen LogP contribution in [0.1, 0.15) is 30.8 Å². The summed E-state index contributed by atoms with van der Waals surface area (Å²) in [7, 11) is 0. The number of hydrogen-bond donors (Lipinski definition) is 2. The van der Waals surface area contributed by atoms with Gasteiger partial charge in [0, 0.05) is 6.20 Å². The van der Waals surface area contributed by atoms with Gasteiger partial charge in [-0.3, -0.25) is 18.9 Å². The number of imide groups is 1. The highest BCUT2D eigenvalue weighted by Gasteiger charge is 2.39. The summed E-state index contributed by atoms with van der Waals surface area (Å²) < 4.78 is 1.79. The van der Waals surface area contributed by atoms with Gasteiger partial charge in [0.05, 0.1) is 19.0 Å². The predicted octanol–water partition coefficient (Wildman–Crippen LogP) is 1.42. The monoisotopic (exact) mass is 392 g/mol. The van der Waals surface area contributed by atoms with Crippen LogP contribution in [0.5, 0.6) is 0 Å². The smallest absolute Gasteiger partial charge is 0.325 e. The van der Waals surface area contributed by atoms with E-state index in [4.69, 9.17) is 0 Å². The maximum atomic E-state index is 12.6. The molecular weight excluding hydrogens is 372 g/mol. The van der Waals surface area contributed by atoms with Gasteiger partial charge in [0.25, 0.3) is 5.91 Å². The molecule has 9 nitrogen and oxygen atoms in total. The van der Waals surface area contributed by atoms with Gasteiger partial charge in [-0.25, -0.2) is 4.79 Å². The Balaban J connectivity index is 1.38. The second kappa shape index (κ2) is 7.70. The van der Waals surface area contributed by atoms with Crippen LogP contribution in [0.3, 0.4) is 0 Å². The second-order valence-corrected chi connectivity index (χ2v) is 6.89. The van der Waals surface area contributed by atoms with Gasteiger partial charge in [-0.05, 0) is 24.6 Å². The summed E-state index contributed by atoms with van der Waals surface area (Å²) in [5.41, 5.74) is 1.52. The van der Waals surface area contributed by atoms with Gasteiger partial charge >= 0.3 is 6.03 Å². The normalized spacial score (nSPS) is 17.4. The molecule has 1 aliphatic rings. The standard InChI is InChI=1S/C20H20N6O3/c1-13(18-24-23-16-9-5-6-10-25(16)18)21-17(27)11-15-19(28)26(20(29)22-15)12-14-7-3-2-4-8-14/h2-10,13,15H,11-12H2,1H3,(H,21,27)(H,22,29). The molecule has 0 radical (unpaired) electrons. The summed E-state index contributed by atoms with van der Waals surface area (Å²) in [6.07, 6.45) is 1.67. The predicted molar refractivity (Wildman–Crippen MR) is 103 cm³/mol. The van der Waals surface area contributed by atoms with Gasteiger partial charge in [-0.2, -0.15) is 0 Å². The first-order valence-electron chi connectivity index (χ1n) is 9.28. The highest BCUT2D eigenvalue weighted by Crippen LogP contribution is 2.16. The molecule has 2 atom stereocenters. The minimum absolute atomic E-state index is 0.142. The van der Waals surface area contributed by atoms with Crippen molar-refractivity contribution in [3.8, 4) is 0 Å². The van der Waals surface area contributed by atoms with Crippen molar-refractivity contribution in [1.82, 2.24) is 30.1 Å². The Labute approximate surface area is 166 Å². The van der Waals surface area contributed by atoms with Crippen LogP contribution in [-0.2, 0) is 16.1 Å². The van der Waals surface area contributed by atoms with E-state index in [-0.39, 0.29) is 18.9 Å². The van der Waals surface area contributed by atoms with Gasteiger partial charge in [0.15, 0.2) is 11.5 Å². The number of nitrogens with zero attached hydrogens (tertiary/aromatic N) is 4. The lowest BCUT2D eigenvalue weighted by atomic mass is 10.1. The van der Waals surface area contributed by atoms with Crippen LogP contribution < -0.4 is 10.6 Å². The lowest BCUT2D eigenvalue weighted by molar-refractivity contribution is -0.131. The average Bonchev–Trinajstić information content (AvgIpc) is 3.25. The molecule has 0 saturated carbocycles. The first-order chi connectivity index (χ1) is 14.0. The quantitative estimate of drug-likeness (QED) is 0.617. The number of aromatic nitrogens is 3. The van der Waals surface area contributed by atoms with E-state index >= 15 is 0 Å². The molecule has 2 N–H and O–H groups in total. The van der Waals surface area contributed by atoms with Gasteiger partial charge in [0.2, 0.25) is 5.91 Å². The number of carbonyl (C=O) groups excluding carboxylic acids is 3. The van der Waals surface area contributed by atoms with Crippen LogP contribution in [0.4, 0.5) is 4.79 Å². The van der Waals surface area contributed by atoms with E-state index in [1.54, 1.807) is 11.3 Å². The number of amides is 4. The van der Waals surface area contributed by atoms with Crippen LogP contribution in [0.15, 0.2) is 54.7 Å². The summed E-state index contributed by atoms with van der Waals surface area (Å²) >= 11 is 0. The largest absolute Gasteiger partial charge is 0.346 e. The maximum absolute atomic E-state index is 12.6. The Bertz CT molecular complexity index is 1060. The molecule has 1 fully saturated rings. The molecule has 3 heterocycles. The number of benzene rings is 1. The van der Waals surface area contributed by atoms with Crippen LogP contribution in [0, 0.1) is 0 Å². The Kier molecular flexibility index (Phi) is 4.94. The van der Waals surface area contributed by atoms with E-state index in [0.29, 0.717) is 11.5 Å². The number of nitrogens with one attached hydrogen (secondary N) is 2. The summed E-state index contributed by atoms with van der Waals surface area (Å²) in [6.45, 7) is 1.96. The van der Waals surface area contributed by atoms with Crippen LogP contribution in [-0.4, -0.2) is 43.4 Å². The number of pyridine rings is 1. The first kappa shape index (κ1) is 18.6. The van der Waals surface area contributed by atoms with Crippen molar-refractivity contribution >= 4 is 23.5 Å². The van der Waals surface area contributed by atoms with Gasteiger partial charge in [-0.15, -0.1) is 10.2 Å². The SMILES string of the molecule is CC(NC(=O)CC1NC(=O)N(Cc2ccccc2)C1=O)c1nnc2ccccn12. The van der Waals surface area contributed by atoms with Gasteiger partial charge < -0.3 is 10.6 Å². The first-order valence-corrected chi connectivity index (χ1v) is 9.28. The zero-order valence-electron chi connectivity index (χ0n) is 15.8. The molecular formula is C20H20N6O3. The molecule has 29 heavy (non-hydrogen) atoms. The fraction of sp³-hybridized carbons (Fsp3) is 0.250. The molecule has 1 aliphatic heterocycles. The average molecular weight is 392 g/mol. The minimum atomic E-state index is -0.881. The molecule has 1 aromatic carbocycles. The van der Waals surface area contributed by atoms with E-state index < -0.39 is 24.0 Å². The highest BCUT2D eigenvalue weighted by atomic mass is 16.2. The number of rotatable bonds is 6. The lowest BCUT2D eigenvalue weighted by Crippen LogP contribution is -2.37. The van der Waals surface area contributed by atoms with Crippen molar-refractivity contribution in [2.45, 2.75) is 32.0 Å². The van der Waals surface area contributed by atoms with Crippen molar-refractivity contribution in [3.63, 3.8) is 0 Å². The third kappa shape index (κ3) is 3.79.